The molecule has 0 unspecified atom stereocenters. The van der Waals surface area contributed by atoms with Crippen LogP contribution in [-0.2, 0) is 6.61 Å². The zero-order chi connectivity index (χ0) is 26.9. The monoisotopic (exact) mass is 532 g/mol. The number of ether oxygens (including phenoxy) is 3. The number of nitrogens with one attached hydrogen (secondary N) is 2. The molecular formula is C30H24N6O4. The van der Waals surface area contributed by atoms with Gasteiger partial charge in [-0.25, -0.2) is 4.98 Å². The first-order valence-electron chi connectivity index (χ1n) is 12.9. The maximum absolute atomic E-state index is 13.7. The van der Waals surface area contributed by atoms with Crippen LogP contribution in [0.5, 0.6) is 17.2 Å². The standard InChI is InChI=1S/C30H24N6O4/c37-29-24-16-33-35-27(24)23-15-32-30(31-14-22-18-39-25-11-4-5-12-26(25)40-22)34-28(23)36(29)20-9-6-10-21(13-20)38-17-19-7-2-1-3-8-19/h1-13,15-16,22H,14,17-18H2,(H,33,35)(H,31,32,34)/t22-/m0/s1. The molecule has 3 aromatic carbocycles. The van der Waals surface area contributed by atoms with E-state index in [2.05, 4.69) is 20.5 Å². The highest BCUT2D eigenvalue weighted by Gasteiger charge is 2.21. The van der Waals surface area contributed by atoms with E-state index in [0.717, 1.165) is 11.3 Å². The van der Waals surface area contributed by atoms with Crippen LogP contribution in [0, 0.1) is 0 Å². The number of aromatic amines is 1. The number of H-pyrrole nitrogens is 1. The van der Waals surface area contributed by atoms with Crippen LogP contribution in [0.3, 0.4) is 0 Å². The molecule has 0 saturated heterocycles. The third kappa shape index (κ3) is 4.45. The first kappa shape index (κ1) is 23.7. The van der Waals surface area contributed by atoms with E-state index in [1.807, 2.05) is 78.9 Å². The lowest BCUT2D eigenvalue weighted by Crippen LogP contribution is -2.35. The summed E-state index contributed by atoms with van der Waals surface area (Å²) in [5, 5.41) is 11.4. The van der Waals surface area contributed by atoms with Gasteiger partial charge in [0.1, 0.15) is 30.6 Å². The van der Waals surface area contributed by atoms with E-state index in [0.29, 0.717) is 64.8 Å². The predicted octanol–water partition coefficient (Wildman–Crippen LogP) is 4.49. The van der Waals surface area contributed by atoms with Crippen molar-refractivity contribution in [2.24, 2.45) is 0 Å². The van der Waals surface area contributed by atoms with E-state index in [-0.39, 0.29) is 11.7 Å². The molecule has 198 valence electrons. The Morgan fingerprint density at radius 3 is 2.75 bits per heavy atom. The van der Waals surface area contributed by atoms with Gasteiger partial charge in [0.25, 0.3) is 5.56 Å². The third-order valence-corrected chi connectivity index (χ3v) is 6.69. The molecule has 0 saturated carbocycles. The van der Waals surface area contributed by atoms with Crippen molar-refractivity contribution in [2.45, 2.75) is 12.7 Å². The summed E-state index contributed by atoms with van der Waals surface area (Å²) in [7, 11) is 0. The van der Waals surface area contributed by atoms with Crippen LogP contribution in [0.25, 0.3) is 27.6 Å². The molecule has 1 atom stereocenters. The highest BCUT2D eigenvalue weighted by Crippen LogP contribution is 2.31. The topological polar surface area (TPSA) is 116 Å². The Balaban J connectivity index is 1.21. The number of pyridine rings is 1. The largest absolute Gasteiger partial charge is 0.489 e. The van der Waals surface area contributed by atoms with Crippen molar-refractivity contribution < 1.29 is 14.2 Å². The molecule has 40 heavy (non-hydrogen) atoms. The maximum atomic E-state index is 13.7. The summed E-state index contributed by atoms with van der Waals surface area (Å²) >= 11 is 0. The summed E-state index contributed by atoms with van der Waals surface area (Å²) in [4.78, 5) is 22.9. The second-order valence-electron chi connectivity index (χ2n) is 9.37. The molecule has 0 amide bonds. The van der Waals surface area contributed by atoms with Crippen molar-refractivity contribution in [1.82, 2.24) is 24.7 Å². The highest BCUT2D eigenvalue weighted by molar-refractivity contribution is 6.02. The van der Waals surface area contributed by atoms with Crippen LogP contribution in [0.2, 0.25) is 0 Å². The average molecular weight is 533 g/mol. The van der Waals surface area contributed by atoms with Gasteiger partial charge in [0, 0.05) is 18.5 Å². The number of hydrogen-bond acceptors (Lipinski definition) is 8. The van der Waals surface area contributed by atoms with Gasteiger partial charge >= 0.3 is 0 Å². The van der Waals surface area contributed by atoms with Gasteiger partial charge in [0.05, 0.1) is 23.0 Å². The summed E-state index contributed by atoms with van der Waals surface area (Å²) < 4.78 is 19.4. The van der Waals surface area contributed by atoms with Crippen LogP contribution in [0.4, 0.5) is 5.95 Å². The number of para-hydroxylation sites is 2. The van der Waals surface area contributed by atoms with Crippen molar-refractivity contribution in [3.8, 4) is 22.9 Å². The first-order chi connectivity index (χ1) is 19.7. The average Bonchev–Trinajstić information content (AvgIpc) is 3.51. The minimum absolute atomic E-state index is 0.233. The number of aromatic nitrogens is 5. The van der Waals surface area contributed by atoms with Gasteiger partial charge in [0.15, 0.2) is 17.1 Å². The van der Waals surface area contributed by atoms with Gasteiger partial charge in [-0.05, 0) is 29.8 Å². The minimum Gasteiger partial charge on any atom is -0.489 e. The Hall–Kier alpha value is -5.38. The Morgan fingerprint density at radius 2 is 1.85 bits per heavy atom. The third-order valence-electron chi connectivity index (χ3n) is 6.69. The van der Waals surface area contributed by atoms with Gasteiger partial charge in [-0.2, -0.15) is 10.1 Å². The van der Waals surface area contributed by atoms with E-state index in [1.54, 1.807) is 17.0 Å². The van der Waals surface area contributed by atoms with E-state index in [1.165, 1.54) is 0 Å². The van der Waals surface area contributed by atoms with E-state index in [9.17, 15) is 4.79 Å². The predicted molar refractivity (Wildman–Crippen MR) is 150 cm³/mol. The molecule has 1 aliphatic heterocycles. The first-order valence-corrected chi connectivity index (χ1v) is 12.9. The zero-order valence-electron chi connectivity index (χ0n) is 21.3. The molecule has 6 aromatic rings. The number of benzene rings is 3. The van der Waals surface area contributed by atoms with Crippen LogP contribution < -0.4 is 25.1 Å². The summed E-state index contributed by atoms with van der Waals surface area (Å²) in [6, 6.07) is 24.9. The van der Waals surface area contributed by atoms with E-state index < -0.39 is 0 Å². The lowest BCUT2D eigenvalue weighted by Gasteiger charge is -2.26. The molecule has 0 aliphatic carbocycles. The molecule has 10 heteroatoms. The molecule has 0 bridgehead atoms. The number of hydrogen-bond donors (Lipinski definition) is 2. The molecule has 2 N–H and O–H groups in total. The quantitative estimate of drug-likeness (QED) is 0.309. The second-order valence-corrected chi connectivity index (χ2v) is 9.37. The van der Waals surface area contributed by atoms with Crippen molar-refractivity contribution in [1.29, 1.82) is 0 Å². The lowest BCUT2D eigenvalue weighted by atomic mass is 10.2. The maximum Gasteiger partial charge on any atom is 0.267 e. The molecule has 7 rings (SSSR count). The normalized spacial score (nSPS) is 14.3. The lowest BCUT2D eigenvalue weighted by molar-refractivity contribution is 0.0996. The van der Waals surface area contributed by atoms with Crippen molar-refractivity contribution in [3.63, 3.8) is 0 Å². The Morgan fingerprint density at radius 1 is 1.00 bits per heavy atom. The number of nitrogens with zero attached hydrogens (tertiary/aromatic N) is 4. The molecule has 0 radical (unpaired) electrons. The molecule has 4 heterocycles. The van der Waals surface area contributed by atoms with Crippen LogP contribution in [0.15, 0.2) is 96.1 Å². The number of fused-ring (bicyclic) bond motifs is 4. The minimum atomic E-state index is -0.248. The van der Waals surface area contributed by atoms with Crippen LogP contribution >= 0.6 is 0 Å². The van der Waals surface area contributed by atoms with Crippen molar-refractivity contribution >= 4 is 27.9 Å². The van der Waals surface area contributed by atoms with Gasteiger partial charge < -0.3 is 19.5 Å². The second kappa shape index (κ2) is 10.1. The molecule has 10 nitrogen and oxygen atoms in total. The molecule has 3 aromatic heterocycles. The van der Waals surface area contributed by atoms with Gasteiger partial charge in [-0.1, -0.05) is 48.5 Å². The van der Waals surface area contributed by atoms with Crippen molar-refractivity contribution in [3.05, 3.63) is 107 Å². The van der Waals surface area contributed by atoms with Gasteiger partial charge in [-0.15, -0.1) is 0 Å². The highest BCUT2D eigenvalue weighted by atomic mass is 16.6. The zero-order valence-corrected chi connectivity index (χ0v) is 21.3. The van der Waals surface area contributed by atoms with Gasteiger partial charge in [-0.3, -0.25) is 14.5 Å². The fourth-order valence-electron chi connectivity index (χ4n) is 4.73. The smallest absolute Gasteiger partial charge is 0.267 e. The molecular weight excluding hydrogens is 508 g/mol. The summed E-state index contributed by atoms with van der Waals surface area (Å²) in [5.74, 6) is 2.41. The fourth-order valence-corrected chi connectivity index (χ4v) is 4.73. The molecule has 1 aliphatic rings. The van der Waals surface area contributed by atoms with Crippen molar-refractivity contribution in [2.75, 3.05) is 18.5 Å². The fraction of sp³-hybridized carbons (Fsp3) is 0.133. The SMILES string of the molecule is O=c1c2c[nH]nc2c2cnc(NC[C@H]3COc4ccccc4O3)nc2n1-c1cccc(OCc2ccccc2)c1. The number of rotatable bonds is 7. The number of anilines is 1. The Kier molecular flexibility index (Phi) is 5.97. The van der Waals surface area contributed by atoms with Gasteiger partial charge in [0.2, 0.25) is 5.95 Å². The summed E-state index contributed by atoms with van der Waals surface area (Å²) in [6.45, 7) is 1.22. The molecule has 0 spiro atoms. The molecule has 0 fully saturated rings. The van der Waals surface area contributed by atoms with Crippen LogP contribution in [0.1, 0.15) is 5.56 Å². The van der Waals surface area contributed by atoms with Crippen LogP contribution in [-0.4, -0.2) is 44.0 Å². The summed E-state index contributed by atoms with van der Waals surface area (Å²) in [5.41, 5.74) is 2.36. The van der Waals surface area contributed by atoms with E-state index >= 15 is 0 Å². The van der Waals surface area contributed by atoms with E-state index in [4.69, 9.17) is 19.2 Å². The Bertz CT molecular complexity index is 1890. The Labute approximate surface area is 228 Å². The summed E-state index contributed by atoms with van der Waals surface area (Å²) in [6.07, 6.45) is 3.03.